The number of aromatic nitrogens is 3. The number of hydrogen-bond acceptors (Lipinski definition) is 3. The van der Waals surface area contributed by atoms with E-state index in [9.17, 15) is 4.39 Å². The Balaban J connectivity index is 1.75. The summed E-state index contributed by atoms with van der Waals surface area (Å²) in [6.45, 7) is 4.93. The van der Waals surface area contributed by atoms with Gasteiger partial charge in [-0.1, -0.05) is 17.7 Å². The van der Waals surface area contributed by atoms with Gasteiger partial charge in [-0.05, 0) is 19.1 Å². The third-order valence-corrected chi connectivity index (χ3v) is 3.66. The van der Waals surface area contributed by atoms with Crippen LogP contribution in [0.5, 0.6) is 0 Å². The Hall–Kier alpha value is -1.46. The maximum atomic E-state index is 13.8. The number of hydrogen-bond donors (Lipinski definition) is 0. The fourth-order valence-corrected chi connectivity index (χ4v) is 2.54. The molecular formula is C13H14ClFN4. The van der Waals surface area contributed by atoms with Crippen molar-refractivity contribution < 1.29 is 4.39 Å². The van der Waals surface area contributed by atoms with Crippen molar-refractivity contribution in [3.8, 4) is 0 Å². The first kappa shape index (κ1) is 12.6. The van der Waals surface area contributed by atoms with Crippen LogP contribution in [-0.2, 0) is 19.6 Å². The summed E-state index contributed by atoms with van der Waals surface area (Å²) in [6.07, 6.45) is 0. The van der Waals surface area contributed by atoms with Gasteiger partial charge in [0.15, 0.2) is 0 Å². The van der Waals surface area contributed by atoms with Gasteiger partial charge in [-0.2, -0.15) is 0 Å². The van der Waals surface area contributed by atoms with Crippen molar-refractivity contribution in [3.05, 3.63) is 46.3 Å². The highest BCUT2D eigenvalue weighted by atomic mass is 35.5. The Morgan fingerprint density at radius 1 is 1.32 bits per heavy atom. The van der Waals surface area contributed by atoms with Crippen molar-refractivity contribution in [3.63, 3.8) is 0 Å². The fourth-order valence-electron chi connectivity index (χ4n) is 2.38. The molecule has 0 spiro atoms. The average molecular weight is 281 g/mol. The van der Waals surface area contributed by atoms with Crippen LogP contribution >= 0.6 is 11.6 Å². The second-order valence-corrected chi connectivity index (χ2v) is 5.20. The van der Waals surface area contributed by atoms with Gasteiger partial charge in [-0.15, -0.1) is 10.2 Å². The molecule has 0 amide bonds. The van der Waals surface area contributed by atoms with E-state index in [-0.39, 0.29) is 5.82 Å². The molecule has 0 bridgehead atoms. The maximum absolute atomic E-state index is 13.8. The lowest BCUT2D eigenvalue weighted by Crippen LogP contribution is -2.33. The van der Waals surface area contributed by atoms with Crippen molar-refractivity contribution in [1.29, 1.82) is 0 Å². The van der Waals surface area contributed by atoms with E-state index in [1.807, 2.05) is 6.92 Å². The van der Waals surface area contributed by atoms with Crippen molar-refractivity contribution in [1.82, 2.24) is 19.7 Å². The predicted molar refractivity (Wildman–Crippen MR) is 70.3 cm³/mol. The Labute approximate surface area is 115 Å². The van der Waals surface area contributed by atoms with Crippen LogP contribution in [0.25, 0.3) is 0 Å². The summed E-state index contributed by atoms with van der Waals surface area (Å²) < 4.78 is 15.9. The monoisotopic (exact) mass is 280 g/mol. The molecule has 2 aromatic rings. The minimum Gasteiger partial charge on any atom is -0.313 e. The van der Waals surface area contributed by atoms with E-state index in [2.05, 4.69) is 19.7 Å². The molecule has 1 aromatic heterocycles. The van der Waals surface area contributed by atoms with Gasteiger partial charge in [0.25, 0.3) is 0 Å². The van der Waals surface area contributed by atoms with E-state index >= 15 is 0 Å². The van der Waals surface area contributed by atoms with Gasteiger partial charge in [-0.3, -0.25) is 4.90 Å². The van der Waals surface area contributed by atoms with Crippen LogP contribution in [0.2, 0.25) is 5.02 Å². The number of rotatable bonds is 2. The second-order valence-electron chi connectivity index (χ2n) is 4.76. The van der Waals surface area contributed by atoms with E-state index in [0.29, 0.717) is 23.7 Å². The first-order valence-electron chi connectivity index (χ1n) is 6.18. The lowest BCUT2D eigenvalue weighted by molar-refractivity contribution is 0.205. The molecule has 19 heavy (non-hydrogen) atoms. The molecule has 1 aromatic carbocycles. The lowest BCUT2D eigenvalue weighted by Gasteiger charge is -2.27. The zero-order valence-electron chi connectivity index (χ0n) is 10.6. The van der Waals surface area contributed by atoms with Gasteiger partial charge in [0.1, 0.15) is 17.5 Å². The average Bonchev–Trinajstić information content (AvgIpc) is 2.74. The van der Waals surface area contributed by atoms with Gasteiger partial charge >= 0.3 is 0 Å². The third kappa shape index (κ3) is 2.48. The molecule has 0 fully saturated rings. The SMILES string of the molecule is Cc1nnc2n1CCN(Cc1ccc(Cl)cc1F)C2. The van der Waals surface area contributed by atoms with Crippen molar-refractivity contribution in [2.75, 3.05) is 6.54 Å². The van der Waals surface area contributed by atoms with Crippen LogP contribution in [0, 0.1) is 12.7 Å². The van der Waals surface area contributed by atoms with Crippen LogP contribution in [0.15, 0.2) is 18.2 Å². The Kier molecular flexibility index (Phi) is 3.24. The van der Waals surface area contributed by atoms with Crippen molar-refractivity contribution in [2.24, 2.45) is 0 Å². The van der Waals surface area contributed by atoms with Gasteiger partial charge < -0.3 is 4.57 Å². The largest absolute Gasteiger partial charge is 0.313 e. The van der Waals surface area contributed by atoms with Crippen LogP contribution < -0.4 is 0 Å². The molecule has 6 heteroatoms. The Morgan fingerprint density at radius 2 is 2.16 bits per heavy atom. The molecule has 4 nitrogen and oxygen atoms in total. The van der Waals surface area contributed by atoms with Crippen LogP contribution in [0.3, 0.4) is 0 Å². The van der Waals surface area contributed by atoms with Gasteiger partial charge in [0.2, 0.25) is 0 Å². The summed E-state index contributed by atoms with van der Waals surface area (Å²) in [5.41, 5.74) is 0.661. The number of benzene rings is 1. The van der Waals surface area contributed by atoms with Crippen molar-refractivity contribution >= 4 is 11.6 Å². The molecule has 0 saturated carbocycles. The third-order valence-electron chi connectivity index (χ3n) is 3.43. The lowest BCUT2D eigenvalue weighted by atomic mass is 10.2. The number of nitrogens with zero attached hydrogens (tertiary/aromatic N) is 4. The highest BCUT2D eigenvalue weighted by Gasteiger charge is 2.20. The summed E-state index contributed by atoms with van der Waals surface area (Å²) in [7, 11) is 0. The normalized spacial score (nSPS) is 15.5. The Morgan fingerprint density at radius 3 is 2.95 bits per heavy atom. The summed E-state index contributed by atoms with van der Waals surface area (Å²) >= 11 is 5.75. The summed E-state index contributed by atoms with van der Waals surface area (Å²) in [5.74, 6) is 1.63. The van der Waals surface area contributed by atoms with Gasteiger partial charge in [0, 0.05) is 30.2 Å². The molecule has 0 saturated heterocycles. The van der Waals surface area contributed by atoms with E-state index in [1.165, 1.54) is 6.07 Å². The summed E-state index contributed by atoms with van der Waals surface area (Å²) in [6, 6.07) is 4.81. The predicted octanol–water partition coefficient (Wildman–Crippen LogP) is 2.39. The maximum Gasteiger partial charge on any atom is 0.147 e. The Bertz CT molecular complexity index is 611. The second kappa shape index (κ2) is 4.90. The van der Waals surface area contributed by atoms with Gasteiger partial charge in [0.05, 0.1) is 6.54 Å². The van der Waals surface area contributed by atoms with Crippen LogP contribution in [-0.4, -0.2) is 26.2 Å². The number of halogens is 2. The molecule has 0 radical (unpaired) electrons. The fraction of sp³-hybridized carbons (Fsp3) is 0.385. The van der Waals surface area contributed by atoms with Crippen LogP contribution in [0.1, 0.15) is 17.2 Å². The molecular weight excluding hydrogens is 267 g/mol. The number of aryl methyl sites for hydroxylation is 1. The zero-order chi connectivity index (χ0) is 13.4. The minimum atomic E-state index is -0.254. The standard InChI is InChI=1S/C13H14ClFN4/c1-9-16-17-13-8-18(4-5-19(9)13)7-10-2-3-11(14)6-12(10)15/h2-3,6H,4-5,7-8H2,1H3. The first-order chi connectivity index (χ1) is 9.13. The molecule has 1 aliphatic rings. The minimum absolute atomic E-state index is 0.254. The van der Waals surface area contributed by atoms with E-state index < -0.39 is 0 Å². The highest BCUT2D eigenvalue weighted by Crippen LogP contribution is 2.19. The molecule has 0 aliphatic carbocycles. The topological polar surface area (TPSA) is 34.0 Å². The number of fused-ring (bicyclic) bond motifs is 1. The first-order valence-corrected chi connectivity index (χ1v) is 6.56. The molecule has 0 N–H and O–H groups in total. The van der Waals surface area contributed by atoms with E-state index in [4.69, 9.17) is 11.6 Å². The van der Waals surface area contributed by atoms with Crippen LogP contribution in [0.4, 0.5) is 4.39 Å². The summed E-state index contributed by atoms with van der Waals surface area (Å²) in [5, 5.41) is 8.63. The molecule has 3 rings (SSSR count). The molecule has 0 atom stereocenters. The van der Waals surface area contributed by atoms with E-state index in [1.54, 1.807) is 12.1 Å². The molecule has 1 aliphatic heterocycles. The van der Waals surface area contributed by atoms with Gasteiger partial charge in [-0.25, -0.2) is 4.39 Å². The molecule has 100 valence electrons. The zero-order valence-corrected chi connectivity index (χ0v) is 11.4. The quantitative estimate of drug-likeness (QED) is 0.847. The molecule has 2 heterocycles. The van der Waals surface area contributed by atoms with E-state index in [0.717, 1.165) is 24.7 Å². The van der Waals surface area contributed by atoms with Crippen molar-refractivity contribution in [2.45, 2.75) is 26.6 Å². The highest BCUT2D eigenvalue weighted by molar-refractivity contribution is 6.30. The summed E-state index contributed by atoms with van der Waals surface area (Å²) in [4.78, 5) is 2.16. The molecule has 0 unspecified atom stereocenters. The smallest absolute Gasteiger partial charge is 0.147 e.